The van der Waals surface area contributed by atoms with E-state index >= 15 is 0 Å². The van der Waals surface area contributed by atoms with Crippen LogP contribution in [0.3, 0.4) is 0 Å². The van der Waals surface area contributed by atoms with Crippen molar-refractivity contribution in [2.24, 2.45) is 0 Å². The Kier molecular flexibility index (Phi) is 44.9. The van der Waals surface area contributed by atoms with E-state index in [1.807, 2.05) is 0 Å². The summed E-state index contributed by atoms with van der Waals surface area (Å²) in [5.41, 5.74) is 0. The summed E-state index contributed by atoms with van der Waals surface area (Å²) in [6.07, 6.45) is -85.9. The maximum atomic E-state index is 12.3. The van der Waals surface area contributed by atoms with Crippen LogP contribution in [0.1, 0.15) is 51.4 Å². The van der Waals surface area contributed by atoms with Gasteiger partial charge in [0.05, 0.1) is 100 Å². The zero-order chi connectivity index (χ0) is 93.7. The molecule has 40 atom stereocenters. The molecule has 30 fully saturated rings. The quantitative estimate of drug-likeness (QED) is 0.0253. The summed E-state index contributed by atoms with van der Waals surface area (Å²) in [4.78, 5) is 94.3. The number of ether oxygens (including phenoxy) is 16. The smallest absolute Gasteiger partial charge is 0.304 e. The highest BCUT2D eigenvalue weighted by Crippen LogP contribution is 2.43. The van der Waals surface area contributed by atoms with Crippen molar-refractivity contribution in [3.8, 4) is 0 Å². The van der Waals surface area contributed by atoms with Crippen LogP contribution in [0.15, 0.2) is 0 Å². The largest absolute Gasteiger partial charge is 0.481 e. The number of hydrogen-bond acceptors (Lipinski definition) is 48. The normalized spacial score (nSPS) is 41.5. The Hall–Kier alpha value is -2.72. The van der Waals surface area contributed by atoms with E-state index in [9.17, 15) is 161 Å². The number of carbonyl (C=O) groups is 8. The Balaban J connectivity index is 1.12. The number of aliphatic hydroxyl groups excluding tert-OH is 16. The fourth-order valence-electron chi connectivity index (χ4n) is 14.7. The lowest BCUT2D eigenvalue weighted by Crippen LogP contribution is -2.69. The molecule has 0 aliphatic carbocycles. The minimum Gasteiger partial charge on any atom is -0.481 e. The van der Waals surface area contributed by atoms with E-state index in [1.54, 1.807) is 0 Å². The minimum atomic E-state index is -2.33. The SMILES string of the molecule is O=C(O)CCSC[C@@H]1O[C@@H]2O[C@@H]3[C@@H](O)[C@H](O)[C@@H](O[C@@H]4[C@@H](O)[C@@H](O)[C@H](O[C@@H]5C(O)[C@@H](O)[C@@H](O[C@@H]6C(O)[C@@H](O)[C@@H](O[C@@H]7[C@@H](O)[C@H](O)[C@H](O[C@@H]8[C@@H](O)[C@H](O)[C@@H](O[C@@H]9[C@@H](O)[C@H](O)[C@@H](O[C@@H]1[C@@H](O)[C@@H]2O)O[C@H]9CSCCC(=O)O)O[C@H]8CSCCC(=O)O)O[C@@H]7CSCCC(=O)O)O[C@@H]6CSCCC(=O)O)O[C@@H]5CSCCC(=O)O)O[C@@H]4CSCCC(=O)O)O[C@H]3CSCCC(=O)O. The van der Waals surface area contributed by atoms with E-state index < -0.39 is 345 Å². The first-order chi connectivity index (χ1) is 60.7. The predicted octanol–water partition coefficient (Wildman–Crippen LogP) is -7.68. The van der Waals surface area contributed by atoms with E-state index in [1.165, 1.54) is 0 Å². The van der Waals surface area contributed by atoms with Gasteiger partial charge in [0, 0.05) is 92.0 Å². The van der Waals surface area contributed by atoms with Gasteiger partial charge in [0.15, 0.2) is 50.3 Å². The van der Waals surface area contributed by atoms with Crippen molar-refractivity contribution in [1.82, 2.24) is 0 Å². The fraction of sp³-hybridized carbons (Fsp3) is 0.889. The van der Waals surface area contributed by atoms with Crippen molar-refractivity contribution in [1.29, 1.82) is 0 Å². The van der Waals surface area contributed by atoms with Gasteiger partial charge < -0.3 is 198 Å². The molecule has 0 radical (unpaired) electrons. The summed E-state index contributed by atoms with van der Waals surface area (Å²) >= 11 is 7.04. The highest BCUT2D eigenvalue weighted by molar-refractivity contribution is 8.00. The average molecular weight is 2000 g/mol. The Bertz CT molecular complexity index is 2830. The molecular formula is C72H112O48S8. The van der Waals surface area contributed by atoms with E-state index in [0.29, 0.717) is 0 Å². The molecule has 30 aliphatic heterocycles. The maximum absolute atomic E-state index is 12.3. The van der Waals surface area contributed by atoms with Crippen molar-refractivity contribution >= 4 is 142 Å². The highest BCUT2D eigenvalue weighted by atomic mass is 32.2. The van der Waals surface area contributed by atoms with Gasteiger partial charge in [-0.1, -0.05) is 0 Å². The van der Waals surface area contributed by atoms with Crippen LogP contribution in [0.2, 0.25) is 0 Å². The second kappa shape index (κ2) is 52.7. The van der Waals surface area contributed by atoms with Crippen LogP contribution >= 0.6 is 94.1 Å². The number of thioether (sulfide) groups is 8. The third kappa shape index (κ3) is 30.6. The molecule has 0 aromatic heterocycles. The second-order valence-corrected chi connectivity index (χ2v) is 39.9. The fourth-order valence-corrected chi connectivity index (χ4v) is 22.6. The van der Waals surface area contributed by atoms with Crippen molar-refractivity contribution in [2.75, 3.05) is 92.0 Å². The molecule has 736 valence electrons. The highest BCUT2D eigenvalue weighted by Gasteiger charge is 2.61. The summed E-state index contributed by atoms with van der Waals surface area (Å²) in [6, 6.07) is 0. The molecule has 30 heterocycles. The van der Waals surface area contributed by atoms with Crippen molar-refractivity contribution in [2.45, 2.75) is 297 Å². The van der Waals surface area contributed by atoms with E-state index in [4.69, 9.17) is 75.8 Å². The molecule has 56 heteroatoms. The van der Waals surface area contributed by atoms with E-state index in [2.05, 4.69) is 0 Å². The second-order valence-electron chi connectivity index (χ2n) is 30.7. The third-order valence-electron chi connectivity index (χ3n) is 21.4. The molecule has 0 saturated carbocycles. The number of aliphatic hydroxyl groups is 16. The van der Waals surface area contributed by atoms with Crippen molar-refractivity contribution < 1.29 is 237 Å². The molecule has 24 N–H and O–H groups in total. The molecule has 0 aromatic carbocycles. The summed E-state index contributed by atoms with van der Waals surface area (Å²) in [7, 11) is 0. The molecular weight excluding hydrogens is 1890 g/mol. The topological polar surface area (TPSA) is 770 Å². The van der Waals surface area contributed by atoms with Crippen LogP contribution in [-0.4, -0.2) is 508 Å². The van der Waals surface area contributed by atoms with Crippen LogP contribution in [0, 0.1) is 0 Å². The molecule has 2 unspecified atom stereocenters. The number of aliphatic carboxylic acids is 8. The molecule has 30 saturated heterocycles. The van der Waals surface area contributed by atoms with Gasteiger partial charge in [0.25, 0.3) is 0 Å². The van der Waals surface area contributed by atoms with Crippen molar-refractivity contribution in [3.05, 3.63) is 0 Å². The van der Waals surface area contributed by atoms with Crippen LogP contribution in [-0.2, 0) is 114 Å². The van der Waals surface area contributed by atoms with Crippen LogP contribution < -0.4 is 0 Å². The first-order valence-electron chi connectivity index (χ1n) is 40.5. The minimum absolute atomic E-state index is 0.159. The van der Waals surface area contributed by atoms with Crippen LogP contribution in [0.4, 0.5) is 0 Å². The summed E-state index contributed by atoms with van der Waals surface area (Å²) in [5, 5.41) is 272. The van der Waals surface area contributed by atoms with Crippen molar-refractivity contribution in [3.63, 3.8) is 0 Å². The van der Waals surface area contributed by atoms with E-state index in [0.717, 1.165) is 94.1 Å². The van der Waals surface area contributed by atoms with Crippen LogP contribution in [0.5, 0.6) is 0 Å². The number of hydrogen-bond donors (Lipinski definition) is 24. The van der Waals surface area contributed by atoms with Gasteiger partial charge in [0.1, 0.15) is 146 Å². The van der Waals surface area contributed by atoms with Gasteiger partial charge >= 0.3 is 47.8 Å². The zero-order valence-corrected chi connectivity index (χ0v) is 74.4. The monoisotopic (exact) mass is 2000 g/mol. The van der Waals surface area contributed by atoms with Crippen LogP contribution in [0.25, 0.3) is 0 Å². The lowest BCUT2D eigenvalue weighted by atomic mass is 9.95. The Morgan fingerprint density at radius 1 is 0.156 bits per heavy atom. The molecule has 30 rings (SSSR count). The standard InChI is InChI=1S/C72H112O48S8/c73-33(74)1-9-121-17-25-57-41(89)49(97)65(105-25)114-58-26(18-122-10-2-34(75)76)107-67(51(99)43(58)91)116-60-28(20-124-12-4-36(79)80)109-69(53(101)45(60)93)118-62-30(22-126-14-6-38(83)84)111-71(55(103)47(62)95)120-64-32(24-128-16-8-40(87)88)112-72(56(104)48(64)96)119-63-31(23-127-15-7-39(85)86)110-70(54(102)46(63)94)117-61-29(21-125-13-5-37(81)82)108-68(52(100)44(61)92)115-59-27(19-123-11-3-35(77)78)106-66(113-57)50(98)42(59)90/h25-32,41-72,89-104H,1-24H2,(H,73,74)(H,75,76)(H,77,78)(H,79,80)(H,81,82)(H,83,84)(H,85,86)(H,87,88)/t25-,26-,27-,28-,29+,30+,31+,32+,41-,42-,43-,44-,45-,46?,47-,48?,49-,50-,51-,52-,53-,54+,55+,56+,57-,58-,59-,60-,61-,62-,63-,64-,65+,66+,67+,68-,69+,70+,71-,72+/m0/s1. The lowest BCUT2D eigenvalue weighted by molar-refractivity contribution is -0.396. The number of carboxylic acid groups (broad SMARTS) is 8. The Labute approximate surface area is 763 Å². The maximum Gasteiger partial charge on any atom is 0.304 e. The zero-order valence-electron chi connectivity index (χ0n) is 67.9. The molecule has 16 bridgehead atoms. The van der Waals surface area contributed by atoms with Gasteiger partial charge in [-0.3, -0.25) is 38.4 Å². The molecule has 128 heavy (non-hydrogen) atoms. The van der Waals surface area contributed by atoms with Gasteiger partial charge in [-0.2, -0.15) is 94.1 Å². The first-order valence-corrected chi connectivity index (χ1v) is 49.7. The number of carboxylic acids is 8. The van der Waals surface area contributed by atoms with Gasteiger partial charge in [0.2, 0.25) is 0 Å². The number of rotatable bonds is 40. The average Bonchev–Trinajstić information content (AvgIpc) is 0.766. The lowest BCUT2D eigenvalue weighted by Gasteiger charge is -2.51. The summed E-state index contributed by atoms with van der Waals surface area (Å²) in [5.74, 6) is -14.4. The summed E-state index contributed by atoms with van der Waals surface area (Å²) in [6.45, 7) is 0. The Morgan fingerprint density at radius 3 is 0.336 bits per heavy atom. The van der Waals surface area contributed by atoms with Gasteiger partial charge in [-0.25, -0.2) is 0 Å². The predicted molar refractivity (Wildman–Crippen MR) is 441 cm³/mol. The molecule has 0 spiro atoms. The molecule has 0 aromatic rings. The molecule has 30 aliphatic rings. The van der Waals surface area contributed by atoms with E-state index in [-0.39, 0.29) is 92.0 Å². The molecule has 0 amide bonds. The first kappa shape index (κ1) is 109. The third-order valence-corrected chi connectivity index (χ3v) is 29.9. The molecule has 48 nitrogen and oxygen atoms in total. The van der Waals surface area contributed by atoms with Gasteiger partial charge in [-0.05, 0) is 0 Å². The Morgan fingerprint density at radius 2 is 0.250 bits per heavy atom. The van der Waals surface area contributed by atoms with Gasteiger partial charge in [-0.15, -0.1) is 0 Å². The summed E-state index contributed by atoms with van der Waals surface area (Å²) < 4.78 is 100.